The van der Waals surface area contributed by atoms with E-state index in [0.717, 1.165) is 12.8 Å². The number of alkyl halides is 1. The number of halogens is 1. The van der Waals surface area contributed by atoms with Gasteiger partial charge < -0.3 is 0 Å². The molecule has 2 atom stereocenters. The van der Waals surface area contributed by atoms with Crippen molar-refractivity contribution in [2.24, 2.45) is 0 Å². The SMILES string of the molecule is CCCC(Cl)C(C)c1ccc(-c2ccccc2)cc1. The molecule has 0 bridgehead atoms. The Balaban J connectivity index is 2.15. The molecular weight excluding hydrogens is 252 g/mol. The summed E-state index contributed by atoms with van der Waals surface area (Å²) in [5, 5.41) is 0.229. The summed E-state index contributed by atoms with van der Waals surface area (Å²) in [5.41, 5.74) is 3.85. The van der Waals surface area contributed by atoms with Crippen molar-refractivity contribution in [3.8, 4) is 11.1 Å². The summed E-state index contributed by atoms with van der Waals surface area (Å²) in [5.74, 6) is 0.409. The highest BCUT2D eigenvalue weighted by Crippen LogP contribution is 2.28. The average molecular weight is 273 g/mol. The predicted molar refractivity (Wildman–Crippen MR) is 84.8 cm³/mol. The molecule has 2 rings (SSSR count). The fraction of sp³-hybridized carbons (Fsp3) is 0.333. The molecule has 0 amide bonds. The first kappa shape index (κ1) is 14.1. The van der Waals surface area contributed by atoms with Crippen molar-refractivity contribution < 1.29 is 0 Å². The van der Waals surface area contributed by atoms with Crippen LogP contribution in [0.4, 0.5) is 0 Å². The Labute approximate surface area is 121 Å². The van der Waals surface area contributed by atoms with Crippen LogP contribution in [0.15, 0.2) is 54.6 Å². The van der Waals surface area contributed by atoms with Gasteiger partial charge in [-0.2, -0.15) is 0 Å². The van der Waals surface area contributed by atoms with Crippen LogP contribution >= 0.6 is 11.6 Å². The third-order valence-electron chi connectivity index (χ3n) is 3.65. The molecular formula is C18H21Cl. The maximum absolute atomic E-state index is 6.42. The molecule has 2 aromatic carbocycles. The summed E-state index contributed by atoms with van der Waals surface area (Å²) in [6.07, 6.45) is 2.21. The van der Waals surface area contributed by atoms with Crippen LogP contribution in [0.25, 0.3) is 11.1 Å². The molecule has 100 valence electrons. The van der Waals surface area contributed by atoms with Gasteiger partial charge in [0.15, 0.2) is 0 Å². The van der Waals surface area contributed by atoms with E-state index in [-0.39, 0.29) is 5.38 Å². The van der Waals surface area contributed by atoms with Crippen LogP contribution in [0.5, 0.6) is 0 Å². The number of benzene rings is 2. The molecule has 0 saturated carbocycles. The van der Waals surface area contributed by atoms with Crippen molar-refractivity contribution in [1.82, 2.24) is 0 Å². The maximum atomic E-state index is 6.42. The van der Waals surface area contributed by atoms with Gasteiger partial charge >= 0.3 is 0 Å². The van der Waals surface area contributed by atoms with Gasteiger partial charge in [-0.1, -0.05) is 74.9 Å². The quantitative estimate of drug-likeness (QED) is 0.598. The van der Waals surface area contributed by atoms with Crippen LogP contribution in [-0.2, 0) is 0 Å². The van der Waals surface area contributed by atoms with Crippen LogP contribution in [0, 0.1) is 0 Å². The molecule has 0 aliphatic heterocycles. The van der Waals surface area contributed by atoms with E-state index >= 15 is 0 Å². The fourth-order valence-electron chi connectivity index (χ4n) is 2.34. The Bertz CT molecular complexity index is 487. The van der Waals surface area contributed by atoms with E-state index in [1.807, 2.05) is 6.07 Å². The van der Waals surface area contributed by atoms with Crippen LogP contribution in [0.3, 0.4) is 0 Å². The number of hydrogen-bond donors (Lipinski definition) is 0. The molecule has 0 saturated heterocycles. The van der Waals surface area contributed by atoms with E-state index in [0.29, 0.717) is 5.92 Å². The Kier molecular flexibility index (Phi) is 5.04. The first-order chi connectivity index (χ1) is 9.22. The molecule has 19 heavy (non-hydrogen) atoms. The molecule has 0 N–H and O–H groups in total. The van der Waals surface area contributed by atoms with E-state index in [2.05, 4.69) is 62.4 Å². The van der Waals surface area contributed by atoms with E-state index in [4.69, 9.17) is 11.6 Å². The third-order valence-corrected chi connectivity index (χ3v) is 4.25. The topological polar surface area (TPSA) is 0 Å². The summed E-state index contributed by atoms with van der Waals surface area (Å²) in [6.45, 7) is 4.39. The molecule has 0 aliphatic rings. The van der Waals surface area contributed by atoms with Gasteiger partial charge in [0.2, 0.25) is 0 Å². The molecule has 0 radical (unpaired) electrons. The van der Waals surface area contributed by atoms with Crippen LogP contribution < -0.4 is 0 Å². The van der Waals surface area contributed by atoms with Gasteiger partial charge in [0.25, 0.3) is 0 Å². The maximum Gasteiger partial charge on any atom is 0.0401 e. The first-order valence-corrected chi connectivity index (χ1v) is 7.45. The number of rotatable bonds is 5. The van der Waals surface area contributed by atoms with E-state index < -0.39 is 0 Å². The highest BCUT2D eigenvalue weighted by atomic mass is 35.5. The molecule has 0 heterocycles. The fourth-order valence-corrected chi connectivity index (χ4v) is 2.71. The summed E-state index contributed by atoms with van der Waals surface area (Å²) in [7, 11) is 0. The highest BCUT2D eigenvalue weighted by molar-refractivity contribution is 6.21. The molecule has 0 fully saturated rings. The largest absolute Gasteiger partial charge is 0.122 e. The second-order valence-corrected chi connectivity index (χ2v) is 5.64. The lowest BCUT2D eigenvalue weighted by Crippen LogP contribution is -2.09. The highest BCUT2D eigenvalue weighted by Gasteiger charge is 2.15. The van der Waals surface area contributed by atoms with Gasteiger partial charge in [0, 0.05) is 5.38 Å². The van der Waals surface area contributed by atoms with Crippen molar-refractivity contribution in [3.63, 3.8) is 0 Å². The van der Waals surface area contributed by atoms with Gasteiger partial charge in [0.1, 0.15) is 0 Å². The lowest BCUT2D eigenvalue weighted by molar-refractivity contribution is 0.634. The van der Waals surface area contributed by atoms with Crippen molar-refractivity contribution in [1.29, 1.82) is 0 Å². The van der Waals surface area contributed by atoms with Crippen LogP contribution in [-0.4, -0.2) is 5.38 Å². The molecule has 2 aromatic rings. The van der Waals surface area contributed by atoms with Crippen LogP contribution in [0.2, 0.25) is 0 Å². The first-order valence-electron chi connectivity index (χ1n) is 7.01. The predicted octanol–water partition coefficient (Wildman–Crippen LogP) is 5.86. The van der Waals surface area contributed by atoms with Crippen molar-refractivity contribution >= 4 is 11.6 Å². The summed E-state index contributed by atoms with van der Waals surface area (Å²) >= 11 is 6.42. The minimum absolute atomic E-state index is 0.229. The molecule has 0 spiro atoms. The normalized spacial score (nSPS) is 14.1. The zero-order valence-electron chi connectivity index (χ0n) is 11.6. The van der Waals surface area contributed by atoms with E-state index in [9.17, 15) is 0 Å². The standard InChI is InChI=1S/C18H21Cl/c1-3-7-18(19)14(2)15-10-12-17(13-11-15)16-8-5-4-6-9-16/h4-6,8-14,18H,3,7H2,1-2H3. The summed E-state index contributed by atoms with van der Waals surface area (Å²) in [6, 6.07) is 19.3. The second kappa shape index (κ2) is 6.77. The zero-order valence-corrected chi connectivity index (χ0v) is 12.4. The summed E-state index contributed by atoms with van der Waals surface area (Å²) < 4.78 is 0. The van der Waals surface area contributed by atoms with Crippen molar-refractivity contribution in [2.45, 2.75) is 38.0 Å². The number of hydrogen-bond acceptors (Lipinski definition) is 0. The molecule has 0 nitrogen and oxygen atoms in total. The van der Waals surface area contributed by atoms with Crippen molar-refractivity contribution in [2.75, 3.05) is 0 Å². The monoisotopic (exact) mass is 272 g/mol. The van der Waals surface area contributed by atoms with E-state index in [1.54, 1.807) is 0 Å². The van der Waals surface area contributed by atoms with Gasteiger partial charge in [0.05, 0.1) is 0 Å². The molecule has 0 aromatic heterocycles. The lowest BCUT2D eigenvalue weighted by atomic mass is 9.93. The van der Waals surface area contributed by atoms with Gasteiger partial charge in [-0.25, -0.2) is 0 Å². The van der Waals surface area contributed by atoms with Crippen molar-refractivity contribution in [3.05, 3.63) is 60.2 Å². The van der Waals surface area contributed by atoms with Crippen LogP contribution in [0.1, 0.15) is 38.2 Å². The Morgan fingerprint density at radius 2 is 1.47 bits per heavy atom. The minimum atomic E-state index is 0.229. The minimum Gasteiger partial charge on any atom is -0.122 e. The molecule has 2 unspecified atom stereocenters. The van der Waals surface area contributed by atoms with Gasteiger partial charge in [-0.15, -0.1) is 11.6 Å². The molecule has 1 heteroatoms. The van der Waals surface area contributed by atoms with Gasteiger partial charge in [-0.3, -0.25) is 0 Å². The second-order valence-electron chi connectivity index (χ2n) is 5.08. The zero-order chi connectivity index (χ0) is 13.7. The van der Waals surface area contributed by atoms with Gasteiger partial charge in [-0.05, 0) is 29.0 Å². The third kappa shape index (κ3) is 3.61. The van der Waals surface area contributed by atoms with E-state index in [1.165, 1.54) is 16.7 Å². The molecule has 0 aliphatic carbocycles. The summed E-state index contributed by atoms with van der Waals surface area (Å²) in [4.78, 5) is 0. The smallest absolute Gasteiger partial charge is 0.0401 e. The Hall–Kier alpha value is -1.27. The Morgan fingerprint density at radius 3 is 2.05 bits per heavy atom. The Morgan fingerprint density at radius 1 is 0.895 bits per heavy atom. The lowest BCUT2D eigenvalue weighted by Gasteiger charge is -2.18. The average Bonchev–Trinajstić information content (AvgIpc) is 2.48.